The number of aliphatic hydroxyl groups is 1. The summed E-state index contributed by atoms with van der Waals surface area (Å²) in [5.41, 5.74) is 1.30. The molecule has 3 rings (SSSR count). The lowest BCUT2D eigenvalue weighted by Gasteiger charge is -2.40. The average Bonchev–Trinajstić information content (AvgIpc) is 2.91. The first kappa shape index (κ1) is 21.2. The average molecular weight is 388 g/mol. The zero-order chi connectivity index (χ0) is 20.8. The molecule has 28 heavy (non-hydrogen) atoms. The Labute approximate surface area is 170 Å². The normalized spacial score (nSPS) is 25.2. The van der Waals surface area contributed by atoms with Crippen LogP contribution in [0.2, 0.25) is 0 Å². The molecule has 1 aromatic carbocycles. The molecule has 1 aliphatic heterocycles. The number of likely N-dealkylation sites (tertiary alicyclic amines) is 1. The van der Waals surface area contributed by atoms with Crippen LogP contribution >= 0.6 is 0 Å². The summed E-state index contributed by atoms with van der Waals surface area (Å²) in [7, 11) is 0. The summed E-state index contributed by atoms with van der Waals surface area (Å²) in [4.78, 5) is 14.2. The fraction of sp³-hybridized carbons (Fsp3) is 0.708. The van der Waals surface area contributed by atoms with Gasteiger partial charge < -0.3 is 14.7 Å². The molecule has 2 fully saturated rings. The lowest BCUT2D eigenvalue weighted by atomic mass is 9.75. The van der Waals surface area contributed by atoms with Gasteiger partial charge >= 0.3 is 6.09 Å². The first-order valence-corrected chi connectivity index (χ1v) is 10.6. The molecular weight excluding hydrogens is 350 g/mol. The number of carbonyl (C=O) groups is 1. The lowest BCUT2D eigenvalue weighted by molar-refractivity contribution is -0.00110. The van der Waals surface area contributed by atoms with Gasteiger partial charge in [0.25, 0.3) is 0 Å². The van der Waals surface area contributed by atoms with Gasteiger partial charge in [0.15, 0.2) is 0 Å². The number of ether oxygens (including phenoxy) is 1. The van der Waals surface area contributed by atoms with Crippen molar-refractivity contribution >= 4 is 6.09 Å². The van der Waals surface area contributed by atoms with Crippen LogP contribution in [0.3, 0.4) is 0 Å². The summed E-state index contributed by atoms with van der Waals surface area (Å²) >= 11 is 0. The summed E-state index contributed by atoms with van der Waals surface area (Å²) in [5.74, 6) is 0. The zero-order valence-electron chi connectivity index (χ0n) is 18.5. The van der Waals surface area contributed by atoms with E-state index in [4.69, 9.17) is 4.74 Å². The molecule has 1 N–H and O–H groups in total. The number of amides is 1. The van der Waals surface area contributed by atoms with Crippen LogP contribution in [0.4, 0.5) is 4.79 Å². The molecular formula is C24H37NO3. The predicted molar refractivity (Wildman–Crippen MR) is 112 cm³/mol. The van der Waals surface area contributed by atoms with Gasteiger partial charge in [-0.05, 0) is 74.8 Å². The minimum Gasteiger partial charge on any atom is -0.444 e. The molecule has 156 valence electrons. The third-order valence-electron chi connectivity index (χ3n) is 6.48. The van der Waals surface area contributed by atoms with Crippen LogP contribution in [0.25, 0.3) is 0 Å². The van der Waals surface area contributed by atoms with Gasteiger partial charge in [-0.15, -0.1) is 0 Å². The molecule has 0 bridgehead atoms. The van der Waals surface area contributed by atoms with Crippen LogP contribution < -0.4 is 0 Å². The second-order valence-electron chi connectivity index (χ2n) is 11.0. The summed E-state index contributed by atoms with van der Waals surface area (Å²) < 4.78 is 5.52. The Balaban J connectivity index is 1.68. The number of benzene rings is 1. The number of nitrogens with zero attached hydrogens (tertiary/aromatic N) is 1. The zero-order valence-corrected chi connectivity index (χ0v) is 18.5. The van der Waals surface area contributed by atoms with Gasteiger partial charge in [0, 0.05) is 13.1 Å². The maximum Gasteiger partial charge on any atom is 0.410 e. The molecule has 1 heterocycles. The Morgan fingerprint density at radius 2 is 1.68 bits per heavy atom. The summed E-state index contributed by atoms with van der Waals surface area (Å²) in [6, 6.07) is 8.49. The van der Waals surface area contributed by atoms with Crippen LogP contribution in [-0.2, 0) is 15.8 Å². The molecule has 1 atom stereocenters. The maximum absolute atomic E-state index is 12.4. The van der Waals surface area contributed by atoms with E-state index in [1.165, 1.54) is 5.56 Å². The summed E-state index contributed by atoms with van der Waals surface area (Å²) in [6.07, 6.45) is 4.27. The first-order chi connectivity index (χ1) is 12.8. The van der Waals surface area contributed by atoms with E-state index < -0.39 is 11.2 Å². The van der Waals surface area contributed by atoms with Crippen molar-refractivity contribution in [3.63, 3.8) is 0 Å². The fourth-order valence-electron chi connectivity index (χ4n) is 4.71. The van der Waals surface area contributed by atoms with Crippen molar-refractivity contribution in [1.29, 1.82) is 0 Å². The van der Waals surface area contributed by atoms with E-state index in [-0.39, 0.29) is 16.9 Å². The molecule has 1 aliphatic carbocycles. The number of carbonyl (C=O) groups excluding carboxylic acids is 1. The molecule has 1 saturated heterocycles. The molecule has 1 unspecified atom stereocenters. The smallest absolute Gasteiger partial charge is 0.410 e. The van der Waals surface area contributed by atoms with Gasteiger partial charge in [-0.25, -0.2) is 4.79 Å². The standard InChI is InChI=1S/C24H37NO3/c1-21(2,3)18-8-7-9-19(16-18)24(27)11-10-23(17-24)12-14-25(15-13-23)20(26)28-22(4,5)6/h7-9,16,27H,10-15,17H2,1-6H3. The number of piperidine rings is 1. The van der Waals surface area contributed by atoms with Crippen molar-refractivity contribution in [2.24, 2.45) is 5.41 Å². The minimum absolute atomic E-state index is 0.0709. The van der Waals surface area contributed by atoms with E-state index in [1.807, 2.05) is 25.7 Å². The Morgan fingerprint density at radius 3 is 2.25 bits per heavy atom. The summed E-state index contributed by atoms with van der Waals surface area (Å²) in [5, 5.41) is 11.5. The van der Waals surface area contributed by atoms with Crippen molar-refractivity contribution in [2.75, 3.05) is 13.1 Å². The molecule has 0 radical (unpaired) electrons. The molecule has 1 saturated carbocycles. The molecule has 0 aromatic heterocycles. The Kier molecular flexibility index (Phi) is 5.33. The van der Waals surface area contributed by atoms with Gasteiger partial charge in [0.2, 0.25) is 0 Å². The van der Waals surface area contributed by atoms with Crippen molar-refractivity contribution in [2.45, 2.75) is 90.3 Å². The van der Waals surface area contributed by atoms with Crippen molar-refractivity contribution in [1.82, 2.24) is 4.90 Å². The molecule has 1 spiro atoms. The van der Waals surface area contributed by atoms with E-state index in [0.29, 0.717) is 13.1 Å². The first-order valence-electron chi connectivity index (χ1n) is 10.6. The van der Waals surface area contributed by atoms with Crippen molar-refractivity contribution in [3.05, 3.63) is 35.4 Å². The second kappa shape index (κ2) is 7.05. The minimum atomic E-state index is -0.755. The monoisotopic (exact) mass is 387 g/mol. The van der Waals surface area contributed by atoms with Crippen LogP contribution in [0, 0.1) is 5.41 Å². The van der Waals surface area contributed by atoms with Crippen LogP contribution in [0.15, 0.2) is 24.3 Å². The molecule has 1 amide bonds. The topological polar surface area (TPSA) is 49.8 Å². The van der Waals surface area contributed by atoms with Gasteiger partial charge in [0.05, 0.1) is 5.60 Å². The Bertz CT molecular complexity index is 720. The fourth-order valence-corrected chi connectivity index (χ4v) is 4.71. The third kappa shape index (κ3) is 4.53. The number of rotatable bonds is 1. The third-order valence-corrected chi connectivity index (χ3v) is 6.48. The van der Waals surface area contributed by atoms with Crippen molar-refractivity contribution < 1.29 is 14.6 Å². The van der Waals surface area contributed by atoms with E-state index in [1.54, 1.807) is 0 Å². The quantitative estimate of drug-likeness (QED) is 0.704. The van der Waals surface area contributed by atoms with Crippen LogP contribution in [-0.4, -0.2) is 34.8 Å². The lowest BCUT2D eigenvalue weighted by Crippen LogP contribution is -2.45. The molecule has 4 nitrogen and oxygen atoms in total. The van der Waals surface area contributed by atoms with E-state index >= 15 is 0 Å². The highest BCUT2D eigenvalue weighted by Crippen LogP contribution is 2.54. The van der Waals surface area contributed by atoms with Gasteiger partial charge in [0.1, 0.15) is 5.60 Å². The summed E-state index contributed by atoms with van der Waals surface area (Å²) in [6.45, 7) is 13.8. The molecule has 4 heteroatoms. The van der Waals surface area contributed by atoms with Crippen LogP contribution in [0.1, 0.15) is 84.8 Å². The Morgan fingerprint density at radius 1 is 1.04 bits per heavy atom. The number of hydrogen-bond donors (Lipinski definition) is 1. The predicted octanol–water partition coefficient (Wildman–Crippen LogP) is 5.37. The number of hydrogen-bond acceptors (Lipinski definition) is 3. The van der Waals surface area contributed by atoms with E-state index in [0.717, 1.165) is 37.7 Å². The highest BCUT2D eigenvalue weighted by molar-refractivity contribution is 5.68. The van der Waals surface area contributed by atoms with E-state index in [9.17, 15) is 9.90 Å². The van der Waals surface area contributed by atoms with Crippen LogP contribution in [0.5, 0.6) is 0 Å². The van der Waals surface area contributed by atoms with Gasteiger partial charge in [-0.2, -0.15) is 0 Å². The highest BCUT2D eigenvalue weighted by atomic mass is 16.6. The maximum atomic E-state index is 12.4. The second-order valence-corrected chi connectivity index (χ2v) is 11.0. The van der Waals surface area contributed by atoms with Crippen molar-refractivity contribution in [3.8, 4) is 0 Å². The van der Waals surface area contributed by atoms with Gasteiger partial charge in [-0.1, -0.05) is 45.0 Å². The SMILES string of the molecule is CC(C)(C)OC(=O)N1CCC2(CC1)CCC(O)(c1cccc(C(C)(C)C)c1)C2. The molecule has 1 aromatic rings. The highest BCUT2D eigenvalue weighted by Gasteiger charge is 2.49. The van der Waals surface area contributed by atoms with Gasteiger partial charge in [-0.3, -0.25) is 0 Å². The largest absolute Gasteiger partial charge is 0.444 e. The Hall–Kier alpha value is -1.55. The van der Waals surface area contributed by atoms with E-state index in [2.05, 4.69) is 45.0 Å². The molecule has 2 aliphatic rings.